The molecule has 16 heavy (non-hydrogen) atoms. The lowest BCUT2D eigenvalue weighted by atomic mass is 9.99. The molecular weight excluding hydrogens is 206 g/mol. The van der Waals surface area contributed by atoms with Gasteiger partial charge in [0.15, 0.2) is 0 Å². The first-order valence-corrected chi connectivity index (χ1v) is 5.60. The summed E-state index contributed by atoms with van der Waals surface area (Å²) in [6.07, 6.45) is 1.10. The molecule has 4 heteroatoms. The third-order valence-electron chi connectivity index (χ3n) is 2.51. The van der Waals surface area contributed by atoms with Crippen LogP contribution in [0, 0.1) is 0 Å². The van der Waals surface area contributed by atoms with Crippen molar-refractivity contribution in [3.05, 3.63) is 12.2 Å². The van der Waals surface area contributed by atoms with Gasteiger partial charge in [-0.25, -0.2) is 4.79 Å². The van der Waals surface area contributed by atoms with Gasteiger partial charge in [-0.1, -0.05) is 12.2 Å². The highest BCUT2D eigenvalue weighted by Crippen LogP contribution is 2.22. The number of nitrogens with zero attached hydrogens (tertiary/aromatic N) is 1. The fraction of sp³-hybridized carbons (Fsp3) is 0.750. The van der Waals surface area contributed by atoms with Crippen LogP contribution in [-0.2, 0) is 4.74 Å². The quantitative estimate of drug-likeness (QED) is 0.696. The number of carbonyl (C=O) groups is 1. The summed E-state index contributed by atoms with van der Waals surface area (Å²) in [5.74, 6) is 0. The minimum Gasteiger partial charge on any atom is -0.444 e. The molecule has 1 aliphatic rings. The monoisotopic (exact) mass is 227 g/mol. The number of hydrogen-bond donors (Lipinski definition) is 1. The van der Waals surface area contributed by atoms with E-state index in [1.807, 2.05) is 20.8 Å². The van der Waals surface area contributed by atoms with Gasteiger partial charge in [-0.3, -0.25) is 0 Å². The van der Waals surface area contributed by atoms with Crippen molar-refractivity contribution in [1.29, 1.82) is 0 Å². The highest BCUT2D eigenvalue weighted by molar-refractivity contribution is 5.69. The summed E-state index contributed by atoms with van der Waals surface area (Å²) in [5, 5.41) is 9.24. The Morgan fingerprint density at radius 2 is 2.25 bits per heavy atom. The Bertz CT molecular complexity index is 280. The normalized spacial score (nSPS) is 22.1. The van der Waals surface area contributed by atoms with E-state index in [1.165, 1.54) is 0 Å². The van der Waals surface area contributed by atoms with Crippen molar-refractivity contribution < 1.29 is 14.6 Å². The van der Waals surface area contributed by atoms with Gasteiger partial charge in [-0.15, -0.1) is 0 Å². The summed E-state index contributed by atoms with van der Waals surface area (Å²) in [4.78, 5) is 13.4. The molecule has 0 aromatic rings. The molecule has 0 saturated carbocycles. The molecule has 0 spiro atoms. The van der Waals surface area contributed by atoms with Crippen LogP contribution in [0.1, 0.15) is 33.6 Å². The number of ether oxygens (including phenoxy) is 1. The number of aliphatic hydroxyl groups is 1. The Balaban J connectivity index is 2.64. The van der Waals surface area contributed by atoms with Crippen LogP contribution >= 0.6 is 0 Å². The van der Waals surface area contributed by atoms with Crippen LogP contribution in [0.4, 0.5) is 4.79 Å². The molecule has 0 radical (unpaired) electrons. The molecule has 0 bridgehead atoms. The number of carbonyl (C=O) groups excluding carboxylic acids is 1. The first-order chi connectivity index (χ1) is 7.33. The minimum absolute atomic E-state index is 0.0434. The van der Waals surface area contributed by atoms with Crippen molar-refractivity contribution in [2.24, 2.45) is 0 Å². The van der Waals surface area contributed by atoms with Crippen LogP contribution in [0.25, 0.3) is 0 Å². The molecule has 0 aromatic heterocycles. The zero-order valence-corrected chi connectivity index (χ0v) is 10.3. The van der Waals surface area contributed by atoms with Gasteiger partial charge in [0.25, 0.3) is 0 Å². The first-order valence-electron chi connectivity index (χ1n) is 5.60. The lowest BCUT2D eigenvalue weighted by molar-refractivity contribution is 0.00609. The maximum Gasteiger partial charge on any atom is 0.410 e. The van der Waals surface area contributed by atoms with Crippen LogP contribution in [0.5, 0.6) is 0 Å². The van der Waals surface area contributed by atoms with E-state index in [2.05, 4.69) is 6.58 Å². The van der Waals surface area contributed by atoms with E-state index in [9.17, 15) is 9.90 Å². The van der Waals surface area contributed by atoms with Crippen molar-refractivity contribution in [2.75, 3.05) is 13.2 Å². The summed E-state index contributed by atoms with van der Waals surface area (Å²) in [5.41, 5.74) is 0.588. The molecule has 1 N–H and O–H groups in total. The van der Waals surface area contributed by atoms with Crippen LogP contribution in [0.2, 0.25) is 0 Å². The number of likely N-dealkylation sites (tertiary alicyclic amines) is 1. The zero-order valence-electron chi connectivity index (χ0n) is 10.3. The molecule has 1 aliphatic heterocycles. The summed E-state index contributed by atoms with van der Waals surface area (Å²) in [7, 11) is 0. The van der Waals surface area contributed by atoms with E-state index in [0.717, 1.165) is 12.0 Å². The minimum atomic E-state index is -0.494. The Morgan fingerprint density at radius 3 is 2.75 bits per heavy atom. The standard InChI is InChI=1S/C12H21NO3/c1-9-5-6-13(10(7-9)8-14)11(15)16-12(2,3)4/h10,14H,1,5-8H2,2-4H3/t10-/m0/s1. The molecule has 0 aliphatic carbocycles. The molecule has 1 atom stereocenters. The van der Waals surface area contributed by atoms with Crippen molar-refractivity contribution in [2.45, 2.75) is 45.3 Å². The van der Waals surface area contributed by atoms with Gasteiger partial charge in [-0.2, -0.15) is 0 Å². The van der Waals surface area contributed by atoms with Crippen LogP contribution in [0.3, 0.4) is 0 Å². The fourth-order valence-electron chi connectivity index (χ4n) is 1.73. The molecule has 0 unspecified atom stereocenters. The molecular formula is C12H21NO3. The third-order valence-corrected chi connectivity index (χ3v) is 2.51. The third kappa shape index (κ3) is 3.52. The van der Waals surface area contributed by atoms with Gasteiger partial charge in [0.2, 0.25) is 0 Å². The van der Waals surface area contributed by atoms with Gasteiger partial charge in [-0.05, 0) is 33.6 Å². The highest BCUT2D eigenvalue weighted by Gasteiger charge is 2.30. The van der Waals surface area contributed by atoms with Gasteiger partial charge < -0.3 is 14.7 Å². The molecule has 1 rings (SSSR count). The second-order valence-corrected chi connectivity index (χ2v) is 5.21. The van der Waals surface area contributed by atoms with E-state index in [-0.39, 0.29) is 18.7 Å². The SMILES string of the molecule is C=C1CCN(C(=O)OC(C)(C)C)[C@H](CO)C1. The van der Waals surface area contributed by atoms with Crippen molar-refractivity contribution in [3.8, 4) is 0 Å². The first kappa shape index (κ1) is 13.0. The van der Waals surface area contributed by atoms with E-state index < -0.39 is 5.60 Å². The van der Waals surface area contributed by atoms with Gasteiger partial charge >= 0.3 is 6.09 Å². The second-order valence-electron chi connectivity index (χ2n) is 5.21. The predicted molar refractivity (Wildman–Crippen MR) is 62.2 cm³/mol. The van der Waals surface area contributed by atoms with E-state index in [1.54, 1.807) is 4.90 Å². The largest absolute Gasteiger partial charge is 0.444 e. The second kappa shape index (κ2) is 4.87. The number of aliphatic hydroxyl groups excluding tert-OH is 1. The lowest BCUT2D eigenvalue weighted by Crippen LogP contribution is -2.48. The molecule has 1 saturated heterocycles. The topological polar surface area (TPSA) is 49.8 Å². The van der Waals surface area contributed by atoms with Crippen molar-refractivity contribution in [3.63, 3.8) is 0 Å². The lowest BCUT2D eigenvalue weighted by Gasteiger charge is -2.36. The summed E-state index contributed by atoms with van der Waals surface area (Å²) in [6.45, 7) is 9.93. The van der Waals surface area contributed by atoms with E-state index >= 15 is 0 Å². The molecule has 1 fully saturated rings. The van der Waals surface area contributed by atoms with Crippen LogP contribution in [0.15, 0.2) is 12.2 Å². The van der Waals surface area contributed by atoms with E-state index in [4.69, 9.17) is 4.74 Å². The average Bonchev–Trinajstić information content (AvgIpc) is 2.14. The van der Waals surface area contributed by atoms with Crippen LogP contribution in [-0.4, -0.2) is 40.9 Å². The molecule has 92 valence electrons. The Hall–Kier alpha value is -1.03. The summed E-state index contributed by atoms with van der Waals surface area (Å²) >= 11 is 0. The number of hydrogen-bond acceptors (Lipinski definition) is 3. The summed E-state index contributed by atoms with van der Waals surface area (Å²) in [6, 6.07) is -0.184. The molecule has 4 nitrogen and oxygen atoms in total. The van der Waals surface area contributed by atoms with E-state index in [0.29, 0.717) is 13.0 Å². The van der Waals surface area contributed by atoms with Gasteiger partial charge in [0.05, 0.1) is 12.6 Å². The summed E-state index contributed by atoms with van der Waals surface area (Å²) < 4.78 is 5.29. The van der Waals surface area contributed by atoms with Gasteiger partial charge in [0.1, 0.15) is 5.60 Å². The highest BCUT2D eigenvalue weighted by atomic mass is 16.6. The Labute approximate surface area is 96.9 Å². The fourth-order valence-corrected chi connectivity index (χ4v) is 1.73. The molecule has 0 aromatic carbocycles. The Morgan fingerprint density at radius 1 is 1.62 bits per heavy atom. The molecule has 1 amide bonds. The predicted octanol–water partition coefficient (Wildman–Crippen LogP) is 1.93. The molecule has 1 heterocycles. The number of rotatable bonds is 1. The van der Waals surface area contributed by atoms with Gasteiger partial charge in [0, 0.05) is 6.54 Å². The van der Waals surface area contributed by atoms with Crippen molar-refractivity contribution in [1.82, 2.24) is 4.90 Å². The maximum absolute atomic E-state index is 11.9. The number of amides is 1. The van der Waals surface area contributed by atoms with Crippen molar-refractivity contribution >= 4 is 6.09 Å². The van der Waals surface area contributed by atoms with Crippen LogP contribution < -0.4 is 0 Å². The Kier molecular flexibility index (Phi) is 3.97. The number of piperidine rings is 1. The maximum atomic E-state index is 11.9. The smallest absolute Gasteiger partial charge is 0.410 e. The average molecular weight is 227 g/mol. The zero-order chi connectivity index (χ0) is 12.3.